The Morgan fingerprint density at radius 1 is 1.12 bits per heavy atom. The summed E-state index contributed by atoms with van der Waals surface area (Å²) < 4.78 is 11.1. The van der Waals surface area contributed by atoms with Gasteiger partial charge in [-0.1, -0.05) is 32.9 Å². The summed E-state index contributed by atoms with van der Waals surface area (Å²) in [5.74, 6) is -2.34. The second kappa shape index (κ2) is 6.88. The van der Waals surface area contributed by atoms with Gasteiger partial charge in [0.1, 0.15) is 30.0 Å². The van der Waals surface area contributed by atoms with Crippen molar-refractivity contribution in [3.05, 3.63) is 23.3 Å². The van der Waals surface area contributed by atoms with E-state index >= 15 is 0 Å². The third-order valence-corrected chi connectivity index (χ3v) is 8.90. The van der Waals surface area contributed by atoms with Crippen molar-refractivity contribution < 1.29 is 39.5 Å². The molecule has 4 rings (SSSR count). The lowest BCUT2D eigenvalue weighted by Gasteiger charge is -2.51. The number of aliphatic hydroxyl groups excluding tert-OH is 3. The van der Waals surface area contributed by atoms with Crippen molar-refractivity contribution in [3.8, 4) is 0 Å². The molecule has 0 aromatic heterocycles. The van der Waals surface area contributed by atoms with Crippen LogP contribution in [0.5, 0.6) is 0 Å². The lowest BCUT2D eigenvalue weighted by molar-refractivity contribution is -0.217. The predicted octanol–water partition coefficient (Wildman–Crippen LogP) is 0.863. The molecule has 1 unspecified atom stereocenters. The Hall–Kier alpha value is -1.74. The van der Waals surface area contributed by atoms with Crippen LogP contribution in [0.25, 0.3) is 0 Å². The highest BCUT2D eigenvalue weighted by atomic mass is 16.6. The van der Waals surface area contributed by atoms with E-state index in [2.05, 4.69) is 0 Å². The van der Waals surface area contributed by atoms with E-state index in [1.165, 1.54) is 13.8 Å². The Bertz CT molecular complexity index is 921. The van der Waals surface area contributed by atoms with Gasteiger partial charge in [0, 0.05) is 31.1 Å². The minimum Gasteiger partial charge on any atom is -0.461 e. The normalized spacial score (nSPS) is 48.3. The lowest BCUT2D eigenvalue weighted by Crippen LogP contribution is -2.66. The molecule has 0 radical (unpaired) electrons. The molecular weight excluding hydrogens is 416 g/mol. The van der Waals surface area contributed by atoms with Crippen molar-refractivity contribution in [2.75, 3.05) is 6.61 Å². The standard InChI is InChI=1S/C24H34O8/c1-11-8-22-12(2)9-23(32-14(4)26)17(21(23,5)6)16(20(22)29)7-15(10-31-13(3)25)19(28)24(22,30)18(11)27/h7-8,12,16-20,27-30H,9-10H2,1-6H3/t12-,16+,17-,18+,19-,20?,22+,23+,24-/m1/s1. The van der Waals surface area contributed by atoms with Crippen LogP contribution in [-0.2, 0) is 19.1 Å². The average Bonchev–Trinajstić information content (AvgIpc) is 3.08. The quantitative estimate of drug-likeness (QED) is 0.368. The van der Waals surface area contributed by atoms with Crippen LogP contribution in [0.3, 0.4) is 0 Å². The molecule has 0 heterocycles. The number of rotatable bonds is 3. The van der Waals surface area contributed by atoms with Crippen LogP contribution in [0.15, 0.2) is 23.3 Å². The maximum atomic E-state index is 12.1. The summed E-state index contributed by atoms with van der Waals surface area (Å²) in [5.41, 5.74) is -4.21. The first-order chi connectivity index (χ1) is 14.7. The van der Waals surface area contributed by atoms with E-state index in [0.717, 1.165) is 0 Å². The molecule has 178 valence electrons. The SMILES string of the molecule is CC(=O)OCC1=C[C@@H]2C(O)[C@]3(C=C(C)[C@H](O)[C@@]3(O)[C@@H]1O)[C@H](C)C[C@]1(OC(C)=O)[C@H]2C1(C)C. The van der Waals surface area contributed by atoms with E-state index in [9.17, 15) is 30.0 Å². The van der Waals surface area contributed by atoms with Gasteiger partial charge < -0.3 is 29.9 Å². The smallest absolute Gasteiger partial charge is 0.303 e. The fourth-order valence-corrected chi connectivity index (χ4v) is 7.47. The van der Waals surface area contributed by atoms with Crippen molar-refractivity contribution in [1.82, 2.24) is 0 Å². The van der Waals surface area contributed by atoms with Crippen LogP contribution >= 0.6 is 0 Å². The second-order valence-electron chi connectivity index (χ2n) is 10.8. The molecule has 0 amide bonds. The maximum Gasteiger partial charge on any atom is 0.303 e. The summed E-state index contributed by atoms with van der Waals surface area (Å²) in [6.45, 7) is 9.77. The predicted molar refractivity (Wildman–Crippen MR) is 113 cm³/mol. The van der Waals surface area contributed by atoms with Crippen LogP contribution in [0.4, 0.5) is 0 Å². The zero-order valence-corrected chi connectivity index (χ0v) is 19.5. The van der Waals surface area contributed by atoms with Crippen LogP contribution in [-0.4, -0.2) is 68.5 Å². The molecule has 0 saturated heterocycles. The van der Waals surface area contributed by atoms with Crippen LogP contribution in [0.2, 0.25) is 0 Å². The molecule has 0 aromatic carbocycles. The van der Waals surface area contributed by atoms with E-state index in [0.29, 0.717) is 12.0 Å². The molecule has 8 nitrogen and oxygen atoms in total. The number of fused-ring (bicyclic) bond motifs is 3. The van der Waals surface area contributed by atoms with Gasteiger partial charge in [0.25, 0.3) is 0 Å². The van der Waals surface area contributed by atoms with Gasteiger partial charge in [-0.15, -0.1) is 0 Å². The Balaban J connectivity index is 1.95. The highest BCUT2D eigenvalue weighted by molar-refractivity contribution is 5.68. The van der Waals surface area contributed by atoms with Gasteiger partial charge in [0.2, 0.25) is 0 Å². The monoisotopic (exact) mass is 450 g/mol. The van der Waals surface area contributed by atoms with Crippen LogP contribution in [0.1, 0.15) is 48.0 Å². The van der Waals surface area contributed by atoms with Gasteiger partial charge in [0.15, 0.2) is 0 Å². The summed E-state index contributed by atoms with van der Waals surface area (Å²) in [6, 6.07) is 0. The average molecular weight is 451 g/mol. The summed E-state index contributed by atoms with van der Waals surface area (Å²) in [4.78, 5) is 23.6. The van der Waals surface area contributed by atoms with E-state index in [1.54, 1.807) is 19.1 Å². The third-order valence-electron chi connectivity index (χ3n) is 8.90. The first-order valence-corrected chi connectivity index (χ1v) is 11.2. The van der Waals surface area contributed by atoms with E-state index in [-0.39, 0.29) is 18.1 Å². The fraction of sp³-hybridized carbons (Fsp3) is 0.750. The van der Waals surface area contributed by atoms with Crippen molar-refractivity contribution in [3.63, 3.8) is 0 Å². The summed E-state index contributed by atoms with van der Waals surface area (Å²) in [7, 11) is 0. The third kappa shape index (κ3) is 2.58. The number of ether oxygens (including phenoxy) is 2. The number of hydrogen-bond acceptors (Lipinski definition) is 8. The Morgan fingerprint density at radius 2 is 1.75 bits per heavy atom. The Labute approximate surface area is 187 Å². The second-order valence-corrected chi connectivity index (χ2v) is 10.8. The molecule has 32 heavy (non-hydrogen) atoms. The highest BCUT2D eigenvalue weighted by Gasteiger charge is 2.82. The van der Waals surface area contributed by atoms with Gasteiger partial charge in [-0.05, 0) is 30.4 Å². The van der Waals surface area contributed by atoms with E-state index in [1.807, 2.05) is 20.8 Å². The molecule has 9 atom stereocenters. The molecule has 0 aliphatic heterocycles. The molecule has 4 N–H and O–H groups in total. The van der Waals surface area contributed by atoms with E-state index in [4.69, 9.17) is 9.47 Å². The van der Waals surface area contributed by atoms with Crippen LogP contribution in [0, 0.1) is 28.6 Å². The largest absolute Gasteiger partial charge is 0.461 e. The first kappa shape index (κ1) is 23.4. The minimum atomic E-state index is -2.14. The summed E-state index contributed by atoms with van der Waals surface area (Å²) in [5, 5.41) is 46.3. The van der Waals surface area contributed by atoms with E-state index < -0.39 is 64.1 Å². The number of hydrogen-bond donors (Lipinski definition) is 4. The van der Waals surface area contributed by atoms with Gasteiger partial charge in [-0.25, -0.2) is 0 Å². The molecule has 2 fully saturated rings. The molecule has 2 saturated carbocycles. The van der Waals surface area contributed by atoms with Gasteiger partial charge in [-0.3, -0.25) is 9.59 Å². The molecule has 8 heteroatoms. The van der Waals surface area contributed by atoms with Crippen molar-refractivity contribution in [1.29, 1.82) is 0 Å². The summed E-state index contributed by atoms with van der Waals surface area (Å²) in [6.07, 6.45) is -0.483. The van der Waals surface area contributed by atoms with Crippen molar-refractivity contribution >= 4 is 11.9 Å². The molecule has 1 spiro atoms. The van der Waals surface area contributed by atoms with Gasteiger partial charge in [-0.2, -0.15) is 0 Å². The zero-order chi connectivity index (χ0) is 24.0. The molecular formula is C24H34O8. The molecule has 4 aliphatic carbocycles. The lowest BCUT2D eigenvalue weighted by atomic mass is 9.58. The highest BCUT2D eigenvalue weighted by Crippen LogP contribution is 2.76. The van der Waals surface area contributed by atoms with Crippen molar-refractivity contribution in [2.24, 2.45) is 28.6 Å². The molecule has 0 aromatic rings. The minimum absolute atomic E-state index is 0.212. The number of carbonyl (C=O) groups excluding carboxylic acids is 2. The van der Waals surface area contributed by atoms with Gasteiger partial charge in [0.05, 0.1) is 11.5 Å². The first-order valence-electron chi connectivity index (χ1n) is 11.2. The Kier molecular flexibility index (Phi) is 5.04. The maximum absolute atomic E-state index is 12.1. The van der Waals surface area contributed by atoms with Crippen LogP contribution < -0.4 is 0 Å². The number of aliphatic hydroxyl groups is 4. The molecule has 4 aliphatic rings. The van der Waals surface area contributed by atoms with Crippen molar-refractivity contribution in [2.45, 2.75) is 77.5 Å². The van der Waals surface area contributed by atoms with Gasteiger partial charge >= 0.3 is 11.9 Å². The Morgan fingerprint density at radius 3 is 2.31 bits per heavy atom. The summed E-state index contributed by atoms with van der Waals surface area (Å²) >= 11 is 0. The zero-order valence-electron chi connectivity index (χ0n) is 19.5. The fourth-order valence-electron chi connectivity index (χ4n) is 7.47. The topological polar surface area (TPSA) is 134 Å². The molecule has 2 bridgehead atoms. The number of carbonyl (C=O) groups is 2. The number of esters is 2.